The van der Waals surface area contributed by atoms with E-state index in [0.717, 1.165) is 24.2 Å². The van der Waals surface area contributed by atoms with E-state index >= 15 is 0 Å². The fourth-order valence-corrected chi connectivity index (χ4v) is 2.27. The molecule has 0 saturated heterocycles. The molecule has 0 bridgehead atoms. The second kappa shape index (κ2) is 6.27. The fraction of sp³-hybridized carbons (Fsp3) is 0.562. The quantitative estimate of drug-likeness (QED) is 0.837. The first kappa shape index (κ1) is 14.9. The zero-order valence-electron chi connectivity index (χ0n) is 12.4. The molecule has 20 heavy (non-hydrogen) atoms. The average Bonchev–Trinajstić information content (AvgIpc) is 3.28. The molecule has 0 radical (unpaired) electrons. The van der Waals surface area contributed by atoms with E-state index in [2.05, 4.69) is 5.32 Å². The van der Waals surface area contributed by atoms with Gasteiger partial charge in [-0.15, -0.1) is 0 Å². The average molecular weight is 276 g/mol. The van der Waals surface area contributed by atoms with E-state index in [1.807, 2.05) is 38.1 Å². The van der Waals surface area contributed by atoms with Crippen molar-refractivity contribution in [2.75, 3.05) is 7.11 Å². The van der Waals surface area contributed by atoms with Gasteiger partial charge in [0.25, 0.3) is 0 Å². The van der Waals surface area contributed by atoms with Crippen LogP contribution in [0, 0.1) is 11.8 Å². The van der Waals surface area contributed by atoms with Crippen LogP contribution in [0.25, 0.3) is 0 Å². The van der Waals surface area contributed by atoms with Gasteiger partial charge in [-0.1, -0.05) is 26.0 Å². The van der Waals surface area contributed by atoms with Crippen LogP contribution in [0.2, 0.25) is 0 Å². The second-order valence-corrected chi connectivity index (χ2v) is 5.87. The highest BCUT2D eigenvalue weighted by atomic mass is 16.5. The molecule has 1 aliphatic carbocycles. The number of methoxy groups -OCH3 is 1. The Morgan fingerprint density at radius 2 is 1.90 bits per heavy atom. The first-order valence-corrected chi connectivity index (χ1v) is 7.23. The van der Waals surface area contributed by atoms with Gasteiger partial charge in [0.1, 0.15) is 5.75 Å². The van der Waals surface area contributed by atoms with Gasteiger partial charge in [-0.3, -0.25) is 4.79 Å². The normalized spacial score (nSPS) is 17.6. The van der Waals surface area contributed by atoms with Crippen molar-refractivity contribution >= 4 is 5.91 Å². The van der Waals surface area contributed by atoms with E-state index in [1.165, 1.54) is 0 Å². The number of nitrogens with one attached hydrogen (secondary N) is 1. The van der Waals surface area contributed by atoms with Crippen LogP contribution in [0.15, 0.2) is 24.3 Å². The van der Waals surface area contributed by atoms with Crippen molar-refractivity contribution in [3.63, 3.8) is 0 Å². The third-order valence-electron chi connectivity index (χ3n) is 3.89. The van der Waals surface area contributed by atoms with Crippen LogP contribution in [-0.2, 0) is 4.79 Å². The summed E-state index contributed by atoms with van der Waals surface area (Å²) >= 11 is 0. The van der Waals surface area contributed by atoms with Gasteiger partial charge in [0, 0.05) is 0 Å². The first-order chi connectivity index (χ1) is 9.52. The largest absolute Gasteiger partial charge is 0.497 e. The summed E-state index contributed by atoms with van der Waals surface area (Å²) in [5.74, 6) is 1.44. The van der Waals surface area contributed by atoms with Crippen molar-refractivity contribution < 1.29 is 9.53 Å². The van der Waals surface area contributed by atoms with Gasteiger partial charge in [0.15, 0.2) is 0 Å². The molecule has 1 fully saturated rings. The molecular weight excluding hydrogens is 252 g/mol. The summed E-state index contributed by atoms with van der Waals surface area (Å²) in [5, 5.41) is 3.11. The number of rotatable bonds is 6. The molecule has 4 heteroatoms. The lowest BCUT2D eigenvalue weighted by Gasteiger charge is -2.23. The van der Waals surface area contributed by atoms with Crippen molar-refractivity contribution in [2.24, 2.45) is 17.6 Å². The number of amides is 1. The summed E-state index contributed by atoms with van der Waals surface area (Å²) in [7, 11) is 1.65. The molecule has 0 spiro atoms. The Kier molecular flexibility index (Phi) is 4.65. The van der Waals surface area contributed by atoms with Gasteiger partial charge in [0.2, 0.25) is 5.91 Å². The predicted molar refractivity (Wildman–Crippen MR) is 79.4 cm³/mol. The highest BCUT2D eigenvalue weighted by molar-refractivity contribution is 5.82. The Bertz CT molecular complexity index is 452. The molecule has 2 rings (SSSR count). The smallest absolute Gasteiger partial charge is 0.237 e. The van der Waals surface area contributed by atoms with Crippen LogP contribution in [-0.4, -0.2) is 19.1 Å². The first-order valence-electron chi connectivity index (χ1n) is 7.23. The molecule has 4 nitrogen and oxygen atoms in total. The topological polar surface area (TPSA) is 64.3 Å². The van der Waals surface area contributed by atoms with Crippen LogP contribution < -0.4 is 15.8 Å². The van der Waals surface area contributed by atoms with Gasteiger partial charge in [-0.25, -0.2) is 0 Å². The lowest BCUT2D eigenvalue weighted by Crippen LogP contribution is -2.45. The Morgan fingerprint density at radius 1 is 1.30 bits per heavy atom. The molecule has 0 aromatic heterocycles. The lowest BCUT2D eigenvalue weighted by molar-refractivity contribution is -0.124. The second-order valence-electron chi connectivity index (χ2n) is 5.87. The zero-order valence-corrected chi connectivity index (χ0v) is 12.4. The molecule has 1 saturated carbocycles. The maximum atomic E-state index is 12.2. The summed E-state index contributed by atoms with van der Waals surface area (Å²) in [6.45, 7) is 3.92. The number of nitrogens with two attached hydrogens (primary N) is 1. The summed E-state index contributed by atoms with van der Waals surface area (Å²) in [5.41, 5.74) is 7.04. The van der Waals surface area contributed by atoms with Gasteiger partial charge >= 0.3 is 0 Å². The van der Waals surface area contributed by atoms with Gasteiger partial charge in [0.05, 0.1) is 19.2 Å². The maximum Gasteiger partial charge on any atom is 0.237 e. The number of hydrogen-bond donors (Lipinski definition) is 2. The lowest BCUT2D eigenvalue weighted by atomic mass is 9.99. The minimum atomic E-state index is -0.450. The van der Waals surface area contributed by atoms with Crippen LogP contribution in [0.3, 0.4) is 0 Å². The Labute approximate surface area is 120 Å². The van der Waals surface area contributed by atoms with E-state index in [1.54, 1.807) is 7.11 Å². The predicted octanol–water partition coefficient (Wildman–Crippen LogP) is 2.25. The molecule has 1 aliphatic rings. The number of carbonyl (C=O) groups is 1. The van der Waals surface area contributed by atoms with Crippen LogP contribution >= 0.6 is 0 Å². The van der Waals surface area contributed by atoms with Crippen molar-refractivity contribution in [2.45, 2.75) is 38.8 Å². The summed E-state index contributed by atoms with van der Waals surface area (Å²) in [4.78, 5) is 12.2. The Morgan fingerprint density at radius 3 is 2.35 bits per heavy atom. The van der Waals surface area contributed by atoms with Crippen LogP contribution in [0.1, 0.15) is 38.3 Å². The van der Waals surface area contributed by atoms with Gasteiger partial charge < -0.3 is 15.8 Å². The van der Waals surface area contributed by atoms with Crippen LogP contribution in [0.4, 0.5) is 0 Å². The Balaban J connectivity index is 2.08. The van der Waals surface area contributed by atoms with Gasteiger partial charge in [-0.05, 0) is 42.4 Å². The minimum Gasteiger partial charge on any atom is -0.497 e. The van der Waals surface area contributed by atoms with Gasteiger partial charge in [-0.2, -0.15) is 0 Å². The van der Waals surface area contributed by atoms with Crippen molar-refractivity contribution in [1.29, 1.82) is 0 Å². The zero-order chi connectivity index (χ0) is 14.7. The van der Waals surface area contributed by atoms with E-state index in [0.29, 0.717) is 5.92 Å². The molecule has 2 atom stereocenters. The van der Waals surface area contributed by atoms with E-state index < -0.39 is 6.04 Å². The van der Waals surface area contributed by atoms with E-state index in [-0.39, 0.29) is 17.9 Å². The third kappa shape index (κ3) is 3.51. The molecule has 0 heterocycles. The molecule has 110 valence electrons. The van der Waals surface area contributed by atoms with E-state index in [4.69, 9.17) is 10.5 Å². The molecule has 1 aromatic carbocycles. The maximum absolute atomic E-state index is 12.2. The van der Waals surface area contributed by atoms with Crippen molar-refractivity contribution in [1.82, 2.24) is 5.32 Å². The molecule has 1 unspecified atom stereocenters. The molecular formula is C16H24N2O2. The summed E-state index contributed by atoms with van der Waals surface area (Å²) < 4.78 is 5.17. The SMILES string of the molecule is COc1ccc(C(NC(=O)[C@@H](N)C(C)C)C2CC2)cc1. The molecule has 3 N–H and O–H groups in total. The summed E-state index contributed by atoms with van der Waals surface area (Å²) in [6.07, 6.45) is 2.32. The molecule has 1 aromatic rings. The van der Waals surface area contributed by atoms with E-state index in [9.17, 15) is 4.79 Å². The fourth-order valence-electron chi connectivity index (χ4n) is 2.27. The monoisotopic (exact) mass is 276 g/mol. The highest BCUT2D eigenvalue weighted by Gasteiger charge is 2.34. The summed E-state index contributed by atoms with van der Waals surface area (Å²) in [6, 6.07) is 7.51. The Hall–Kier alpha value is -1.55. The number of hydrogen-bond acceptors (Lipinski definition) is 3. The molecule has 0 aliphatic heterocycles. The standard InChI is InChI=1S/C16H24N2O2/c1-10(2)14(17)16(19)18-15(11-4-5-11)12-6-8-13(20-3)9-7-12/h6-11,14-15H,4-5,17H2,1-3H3,(H,18,19)/t14-,15?/m0/s1. The molecule has 1 amide bonds. The van der Waals surface area contributed by atoms with Crippen molar-refractivity contribution in [3.05, 3.63) is 29.8 Å². The number of ether oxygens (including phenoxy) is 1. The van der Waals surface area contributed by atoms with Crippen molar-refractivity contribution in [3.8, 4) is 5.75 Å². The number of carbonyl (C=O) groups excluding carboxylic acids is 1. The minimum absolute atomic E-state index is 0.0623. The third-order valence-corrected chi connectivity index (χ3v) is 3.89. The van der Waals surface area contributed by atoms with Crippen LogP contribution in [0.5, 0.6) is 5.75 Å². The number of benzene rings is 1. The highest BCUT2D eigenvalue weighted by Crippen LogP contribution is 2.41.